The molecular formula is C30H33ClF3N3O4. The highest BCUT2D eigenvalue weighted by Gasteiger charge is 2.31. The highest BCUT2D eigenvalue weighted by atomic mass is 35.5. The first kappa shape index (κ1) is 29.4. The molecule has 1 aliphatic carbocycles. The molecule has 0 N–H and O–H groups in total. The molecule has 1 aliphatic heterocycles. The minimum atomic E-state index is -4.55. The first-order valence-corrected chi connectivity index (χ1v) is 14.4. The van der Waals surface area contributed by atoms with Gasteiger partial charge in [0.15, 0.2) is 12.4 Å². The van der Waals surface area contributed by atoms with E-state index < -0.39 is 12.8 Å². The number of hydrogen-bond donors (Lipinski definition) is 0. The van der Waals surface area contributed by atoms with E-state index in [1.807, 2.05) is 4.90 Å². The summed E-state index contributed by atoms with van der Waals surface area (Å²) in [5, 5.41) is 5.51. The van der Waals surface area contributed by atoms with Gasteiger partial charge in [-0.2, -0.15) is 18.3 Å². The van der Waals surface area contributed by atoms with E-state index in [-0.39, 0.29) is 35.3 Å². The second-order valence-electron chi connectivity index (χ2n) is 10.9. The zero-order chi connectivity index (χ0) is 29.0. The SMILES string of the molecule is O=C(CCCOCC1CC1)c1ccc2nn(CC3CCN(C(=O)c4ccc(Cl)cc4)CC3)cc2c1OCC(F)(F)F. The van der Waals surface area contributed by atoms with Crippen molar-refractivity contribution in [1.82, 2.24) is 14.7 Å². The van der Waals surface area contributed by atoms with Crippen LogP contribution in [0.4, 0.5) is 13.2 Å². The number of hydrogen-bond acceptors (Lipinski definition) is 5. The fraction of sp³-hybridized carbons (Fsp3) is 0.500. The van der Waals surface area contributed by atoms with Crippen LogP contribution in [0, 0.1) is 11.8 Å². The summed E-state index contributed by atoms with van der Waals surface area (Å²) in [6, 6.07) is 9.97. The third-order valence-corrected chi connectivity index (χ3v) is 7.80. The number of amides is 1. The maximum Gasteiger partial charge on any atom is 0.422 e. The monoisotopic (exact) mass is 591 g/mol. The van der Waals surface area contributed by atoms with E-state index in [1.165, 1.54) is 18.9 Å². The average molecular weight is 592 g/mol. The summed E-state index contributed by atoms with van der Waals surface area (Å²) in [6.07, 6.45) is 1.62. The first-order valence-electron chi connectivity index (χ1n) is 14.0. The maximum atomic E-state index is 13.1. The van der Waals surface area contributed by atoms with Gasteiger partial charge in [-0.05, 0) is 80.3 Å². The van der Waals surface area contributed by atoms with Crippen molar-refractivity contribution in [3.8, 4) is 5.75 Å². The number of ketones is 1. The molecule has 0 bridgehead atoms. The van der Waals surface area contributed by atoms with Crippen molar-refractivity contribution in [1.29, 1.82) is 0 Å². The van der Waals surface area contributed by atoms with E-state index in [1.54, 1.807) is 41.2 Å². The lowest BCUT2D eigenvalue weighted by molar-refractivity contribution is -0.153. The standard InChI is InChI=1S/C30H33ClF3N3O4/c31-23-7-5-22(6-8-23)29(39)36-13-11-20(12-14-36)16-37-17-25-26(35-37)10-9-24(28(25)41-19-30(32,33)34)27(38)2-1-15-40-18-21-3-4-21/h5-10,17,20-21H,1-4,11-16,18-19H2. The minimum Gasteiger partial charge on any atom is -0.483 e. The van der Waals surface area contributed by atoms with Crippen molar-refractivity contribution in [2.24, 2.45) is 11.8 Å². The van der Waals surface area contributed by atoms with Crippen LogP contribution in [-0.2, 0) is 11.3 Å². The predicted octanol–water partition coefficient (Wildman–Crippen LogP) is 6.57. The van der Waals surface area contributed by atoms with Crippen LogP contribution < -0.4 is 4.74 Å². The number of aromatic nitrogens is 2. The molecule has 3 aromatic rings. The number of carbonyl (C=O) groups excluding carboxylic acids is 2. The third-order valence-electron chi connectivity index (χ3n) is 7.55. The molecule has 0 radical (unpaired) electrons. The minimum absolute atomic E-state index is 0.0388. The van der Waals surface area contributed by atoms with E-state index in [0.29, 0.717) is 66.7 Å². The molecule has 2 aromatic carbocycles. The van der Waals surface area contributed by atoms with Crippen molar-refractivity contribution in [3.05, 3.63) is 58.7 Å². The van der Waals surface area contributed by atoms with Gasteiger partial charge in [-0.15, -0.1) is 0 Å². The molecule has 2 aliphatic rings. The Bertz CT molecular complexity index is 1360. The molecule has 5 rings (SSSR count). The van der Waals surface area contributed by atoms with Crippen LogP contribution in [0.1, 0.15) is 59.2 Å². The number of alkyl halides is 3. The zero-order valence-electron chi connectivity index (χ0n) is 22.7. The fourth-order valence-electron chi connectivity index (χ4n) is 5.10. The number of rotatable bonds is 12. The van der Waals surface area contributed by atoms with Gasteiger partial charge >= 0.3 is 6.18 Å². The summed E-state index contributed by atoms with van der Waals surface area (Å²) in [6.45, 7) is 1.36. The van der Waals surface area contributed by atoms with Crippen LogP contribution in [0.3, 0.4) is 0 Å². The lowest BCUT2D eigenvalue weighted by atomic mass is 9.96. The molecule has 11 heteroatoms. The number of likely N-dealkylation sites (tertiary alicyclic amines) is 1. The molecule has 0 spiro atoms. The summed E-state index contributed by atoms with van der Waals surface area (Å²) >= 11 is 5.93. The van der Waals surface area contributed by atoms with Gasteiger partial charge in [0.1, 0.15) is 5.75 Å². The zero-order valence-corrected chi connectivity index (χ0v) is 23.4. The topological polar surface area (TPSA) is 73.7 Å². The van der Waals surface area contributed by atoms with Crippen LogP contribution in [0.5, 0.6) is 5.75 Å². The van der Waals surface area contributed by atoms with Crippen LogP contribution in [0.25, 0.3) is 10.9 Å². The Labute approximate surface area is 241 Å². The molecule has 2 fully saturated rings. The van der Waals surface area contributed by atoms with Gasteiger partial charge < -0.3 is 14.4 Å². The quantitative estimate of drug-likeness (QED) is 0.176. The Balaban J connectivity index is 1.24. The van der Waals surface area contributed by atoms with Crippen LogP contribution in [0.15, 0.2) is 42.6 Å². The number of nitrogens with zero attached hydrogens (tertiary/aromatic N) is 3. The first-order chi connectivity index (χ1) is 19.7. The fourth-order valence-corrected chi connectivity index (χ4v) is 5.23. The Hall–Kier alpha value is -3.11. The Morgan fingerprint density at radius 2 is 1.73 bits per heavy atom. The van der Waals surface area contributed by atoms with Gasteiger partial charge in [0.25, 0.3) is 5.91 Å². The number of carbonyl (C=O) groups is 2. The number of piperidine rings is 1. The van der Waals surface area contributed by atoms with Crippen LogP contribution >= 0.6 is 11.6 Å². The smallest absolute Gasteiger partial charge is 0.422 e. The van der Waals surface area contributed by atoms with E-state index in [2.05, 4.69) is 5.10 Å². The van der Waals surface area contributed by atoms with Crippen LogP contribution in [-0.4, -0.2) is 65.5 Å². The van der Waals surface area contributed by atoms with Gasteiger partial charge in [0.05, 0.1) is 16.5 Å². The normalized spacial score (nSPS) is 16.3. The van der Waals surface area contributed by atoms with E-state index in [9.17, 15) is 22.8 Å². The highest BCUT2D eigenvalue weighted by Crippen LogP contribution is 2.33. The number of halogens is 4. The van der Waals surface area contributed by atoms with Gasteiger partial charge in [-0.1, -0.05) is 11.6 Å². The molecule has 41 heavy (non-hydrogen) atoms. The van der Waals surface area contributed by atoms with E-state index in [4.69, 9.17) is 21.1 Å². The number of benzene rings is 2. The van der Waals surface area contributed by atoms with Crippen LogP contribution in [0.2, 0.25) is 5.02 Å². The number of ether oxygens (including phenoxy) is 2. The van der Waals surface area contributed by atoms with Crippen molar-refractivity contribution < 1.29 is 32.2 Å². The lowest BCUT2D eigenvalue weighted by Gasteiger charge is -2.32. The van der Waals surface area contributed by atoms with Gasteiger partial charge in [-0.3, -0.25) is 14.3 Å². The van der Waals surface area contributed by atoms with E-state index >= 15 is 0 Å². The van der Waals surface area contributed by atoms with Crippen molar-refractivity contribution >= 4 is 34.2 Å². The summed E-state index contributed by atoms with van der Waals surface area (Å²) in [5.74, 6) is 0.442. The molecule has 1 saturated carbocycles. The van der Waals surface area contributed by atoms with Crippen molar-refractivity contribution in [2.45, 2.75) is 51.2 Å². The highest BCUT2D eigenvalue weighted by molar-refractivity contribution is 6.30. The summed E-state index contributed by atoms with van der Waals surface area (Å²) in [4.78, 5) is 27.6. The molecular weight excluding hydrogens is 559 g/mol. The summed E-state index contributed by atoms with van der Waals surface area (Å²) in [7, 11) is 0. The lowest BCUT2D eigenvalue weighted by Crippen LogP contribution is -2.39. The molecule has 7 nitrogen and oxygen atoms in total. The van der Waals surface area contributed by atoms with E-state index in [0.717, 1.165) is 12.8 Å². The molecule has 0 unspecified atom stereocenters. The Morgan fingerprint density at radius 1 is 1.00 bits per heavy atom. The number of Topliss-reactive ketones (excluding diaryl/α,β-unsaturated/α-hetero) is 1. The van der Waals surface area contributed by atoms with Gasteiger partial charge in [0, 0.05) is 56.1 Å². The molecule has 1 saturated heterocycles. The Morgan fingerprint density at radius 3 is 2.41 bits per heavy atom. The molecule has 2 heterocycles. The Kier molecular flexibility index (Phi) is 9.19. The summed E-state index contributed by atoms with van der Waals surface area (Å²) in [5.41, 5.74) is 1.17. The maximum absolute atomic E-state index is 13.1. The second-order valence-corrected chi connectivity index (χ2v) is 11.4. The van der Waals surface area contributed by atoms with Gasteiger partial charge in [0.2, 0.25) is 0 Å². The van der Waals surface area contributed by atoms with Crippen molar-refractivity contribution in [3.63, 3.8) is 0 Å². The number of fused-ring (bicyclic) bond motifs is 1. The summed E-state index contributed by atoms with van der Waals surface area (Å²) < 4.78 is 51.7. The second kappa shape index (κ2) is 12.8. The third kappa shape index (κ3) is 8.01. The average Bonchev–Trinajstić information content (AvgIpc) is 3.68. The molecule has 220 valence electrons. The molecule has 1 aromatic heterocycles. The predicted molar refractivity (Wildman–Crippen MR) is 148 cm³/mol. The molecule has 1 amide bonds. The van der Waals surface area contributed by atoms with Crippen molar-refractivity contribution in [2.75, 3.05) is 32.9 Å². The largest absolute Gasteiger partial charge is 0.483 e. The molecule has 0 atom stereocenters. The van der Waals surface area contributed by atoms with Gasteiger partial charge in [-0.25, -0.2) is 0 Å².